The largest absolute Gasteiger partial charge is 0.497 e. The second-order valence-electron chi connectivity index (χ2n) is 8.26. The number of fused-ring (bicyclic) bond motifs is 3. The van der Waals surface area contributed by atoms with E-state index in [2.05, 4.69) is 29.6 Å². The molecule has 0 spiro atoms. The van der Waals surface area contributed by atoms with Gasteiger partial charge in [-0.25, -0.2) is 9.59 Å². The minimum Gasteiger partial charge on any atom is -0.497 e. The lowest BCUT2D eigenvalue weighted by Crippen LogP contribution is -2.42. The molecule has 0 heterocycles. The van der Waals surface area contributed by atoms with Crippen LogP contribution in [0.15, 0.2) is 72.8 Å². The van der Waals surface area contributed by atoms with Crippen molar-refractivity contribution in [3.63, 3.8) is 0 Å². The number of carbonyl (C=O) groups is 2. The van der Waals surface area contributed by atoms with Crippen molar-refractivity contribution in [3.8, 4) is 16.9 Å². The number of thioether (sulfide) groups is 1. The first-order chi connectivity index (χ1) is 17.1. The molecule has 0 aromatic heterocycles. The van der Waals surface area contributed by atoms with Gasteiger partial charge in [0, 0.05) is 5.92 Å². The highest BCUT2D eigenvalue weighted by molar-refractivity contribution is 7.98. The zero-order valence-corrected chi connectivity index (χ0v) is 20.7. The molecular formula is C28H29NO5S. The fraction of sp³-hybridized carbons (Fsp3) is 0.286. The highest BCUT2D eigenvalue weighted by Crippen LogP contribution is 2.44. The van der Waals surface area contributed by atoms with Gasteiger partial charge in [-0.1, -0.05) is 60.7 Å². The number of nitrogens with one attached hydrogen (secondary N) is 1. The van der Waals surface area contributed by atoms with Crippen LogP contribution in [-0.4, -0.2) is 43.8 Å². The maximum Gasteiger partial charge on any atom is 0.407 e. The Morgan fingerprint density at radius 1 is 0.914 bits per heavy atom. The van der Waals surface area contributed by atoms with Gasteiger partial charge in [0.25, 0.3) is 0 Å². The van der Waals surface area contributed by atoms with Gasteiger partial charge in [-0.2, -0.15) is 11.8 Å². The molecule has 0 fully saturated rings. The third kappa shape index (κ3) is 5.98. The third-order valence-corrected chi connectivity index (χ3v) is 6.72. The molecule has 35 heavy (non-hydrogen) atoms. The van der Waals surface area contributed by atoms with Gasteiger partial charge in [-0.3, -0.25) is 0 Å². The van der Waals surface area contributed by atoms with Crippen molar-refractivity contribution in [2.45, 2.75) is 25.0 Å². The summed E-state index contributed by atoms with van der Waals surface area (Å²) in [6.07, 6.45) is 1.78. The summed E-state index contributed by atoms with van der Waals surface area (Å²) in [5.41, 5.74) is 5.44. The van der Waals surface area contributed by atoms with Crippen LogP contribution >= 0.6 is 11.8 Å². The normalized spacial score (nSPS) is 12.9. The van der Waals surface area contributed by atoms with Crippen LogP contribution < -0.4 is 10.1 Å². The van der Waals surface area contributed by atoms with Crippen LogP contribution in [0.3, 0.4) is 0 Å². The fourth-order valence-corrected chi connectivity index (χ4v) is 4.72. The van der Waals surface area contributed by atoms with E-state index in [0.717, 1.165) is 33.6 Å². The summed E-state index contributed by atoms with van der Waals surface area (Å²) in [7, 11) is 1.60. The predicted molar refractivity (Wildman–Crippen MR) is 138 cm³/mol. The van der Waals surface area contributed by atoms with Crippen molar-refractivity contribution in [2.75, 3.05) is 25.7 Å². The fourth-order valence-electron chi connectivity index (χ4n) is 4.24. The van der Waals surface area contributed by atoms with Crippen molar-refractivity contribution in [2.24, 2.45) is 0 Å². The van der Waals surface area contributed by atoms with Gasteiger partial charge in [0.05, 0.1) is 7.11 Å². The summed E-state index contributed by atoms with van der Waals surface area (Å²) in [5.74, 6) is 0.907. The number of methoxy groups -OCH3 is 1. The third-order valence-electron chi connectivity index (χ3n) is 6.07. The Labute approximate surface area is 210 Å². The van der Waals surface area contributed by atoms with E-state index >= 15 is 0 Å². The standard InChI is InChI=1S/C28H29NO5S/c1-32-20-13-11-19(12-14-20)17-33-27(30)26(15-16-35-2)29-28(31)34-18-25-23-9-5-3-7-21(23)22-8-4-6-10-24(22)25/h3-14,25-26H,15-18H2,1-2H3,(H,29,31)/t26-/m0/s1. The number of alkyl carbamates (subject to hydrolysis) is 1. The van der Waals surface area contributed by atoms with E-state index in [9.17, 15) is 9.59 Å². The molecule has 1 aliphatic carbocycles. The smallest absolute Gasteiger partial charge is 0.407 e. The van der Waals surface area contributed by atoms with Crippen LogP contribution in [0.4, 0.5) is 4.79 Å². The highest BCUT2D eigenvalue weighted by atomic mass is 32.2. The van der Waals surface area contributed by atoms with E-state index in [1.807, 2.05) is 54.8 Å². The maximum absolute atomic E-state index is 12.7. The zero-order chi connectivity index (χ0) is 24.6. The van der Waals surface area contributed by atoms with Crippen LogP contribution in [0.2, 0.25) is 0 Å². The van der Waals surface area contributed by atoms with Gasteiger partial charge in [0.15, 0.2) is 0 Å². The molecule has 0 unspecified atom stereocenters. The molecule has 3 aromatic carbocycles. The molecule has 7 heteroatoms. The van der Waals surface area contributed by atoms with Gasteiger partial charge in [0.1, 0.15) is 25.0 Å². The molecule has 1 N–H and O–H groups in total. The second kappa shape index (κ2) is 11.8. The SMILES string of the molecule is COc1ccc(COC(=O)[C@H](CCSC)NC(=O)OCC2c3ccccc3-c3ccccc32)cc1. The molecule has 0 saturated heterocycles. The van der Waals surface area contributed by atoms with Crippen LogP contribution in [0.5, 0.6) is 5.75 Å². The summed E-state index contributed by atoms with van der Waals surface area (Å²) in [4.78, 5) is 25.4. The minimum atomic E-state index is -0.781. The molecule has 4 rings (SSSR count). The number of benzene rings is 3. The molecule has 0 aliphatic heterocycles. The number of ether oxygens (including phenoxy) is 3. The Morgan fingerprint density at radius 3 is 2.14 bits per heavy atom. The van der Waals surface area contributed by atoms with Gasteiger partial charge < -0.3 is 19.5 Å². The highest BCUT2D eigenvalue weighted by Gasteiger charge is 2.30. The lowest BCUT2D eigenvalue weighted by molar-refractivity contribution is -0.147. The van der Waals surface area contributed by atoms with Gasteiger partial charge in [0.2, 0.25) is 0 Å². The Morgan fingerprint density at radius 2 is 1.54 bits per heavy atom. The van der Waals surface area contributed by atoms with Gasteiger partial charge in [-0.05, 0) is 58.4 Å². The minimum absolute atomic E-state index is 0.0418. The number of hydrogen-bond acceptors (Lipinski definition) is 6. The van der Waals surface area contributed by atoms with Crippen molar-refractivity contribution < 1.29 is 23.8 Å². The van der Waals surface area contributed by atoms with Gasteiger partial charge in [-0.15, -0.1) is 0 Å². The molecule has 1 amide bonds. The summed E-state index contributed by atoms with van der Waals surface area (Å²) in [5, 5.41) is 2.71. The lowest BCUT2D eigenvalue weighted by Gasteiger charge is -2.19. The quantitative estimate of drug-likeness (QED) is 0.383. The molecule has 182 valence electrons. The monoisotopic (exact) mass is 491 g/mol. The molecule has 1 atom stereocenters. The van der Waals surface area contributed by atoms with Crippen LogP contribution in [-0.2, 0) is 20.9 Å². The maximum atomic E-state index is 12.7. The number of hydrogen-bond donors (Lipinski definition) is 1. The molecule has 3 aromatic rings. The number of rotatable bonds is 10. The average Bonchev–Trinajstić information content (AvgIpc) is 3.22. The van der Waals surface area contributed by atoms with Crippen molar-refractivity contribution in [1.29, 1.82) is 0 Å². The second-order valence-corrected chi connectivity index (χ2v) is 9.25. The summed E-state index contributed by atoms with van der Waals surface area (Å²) in [6.45, 7) is 0.307. The first-order valence-corrected chi connectivity index (χ1v) is 12.9. The van der Waals surface area contributed by atoms with E-state index in [-0.39, 0.29) is 19.1 Å². The summed E-state index contributed by atoms with van der Waals surface area (Å²) >= 11 is 1.60. The van der Waals surface area contributed by atoms with Crippen LogP contribution in [0, 0.1) is 0 Å². The topological polar surface area (TPSA) is 73.9 Å². The number of esters is 1. The summed E-state index contributed by atoms with van der Waals surface area (Å²) < 4.78 is 16.2. The average molecular weight is 492 g/mol. The molecule has 0 saturated carbocycles. The Balaban J connectivity index is 1.35. The van der Waals surface area contributed by atoms with Crippen molar-refractivity contribution in [3.05, 3.63) is 89.5 Å². The van der Waals surface area contributed by atoms with E-state index in [4.69, 9.17) is 14.2 Å². The van der Waals surface area contributed by atoms with Crippen molar-refractivity contribution >= 4 is 23.8 Å². The van der Waals surface area contributed by atoms with E-state index in [1.54, 1.807) is 18.9 Å². The van der Waals surface area contributed by atoms with E-state index in [1.165, 1.54) is 0 Å². The lowest BCUT2D eigenvalue weighted by atomic mass is 9.98. The zero-order valence-electron chi connectivity index (χ0n) is 19.9. The molecule has 6 nitrogen and oxygen atoms in total. The van der Waals surface area contributed by atoms with Crippen LogP contribution in [0.25, 0.3) is 11.1 Å². The molecular weight excluding hydrogens is 462 g/mol. The Kier molecular flexibility index (Phi) is 8.32. The number of carbonyl (C=O) groups excluding carboxylic acids is 2. The first kappa shape index (κ1) is 24.7. The number of amides is 1. The first-order valence-electron chi connectivity index (χ1n) is 11.5. The molecule has 1 aliphatic rings. The predicted octanol–water partition coefficient (Wildman–Crippen LogP) is 5.40. The Hall–Kier alpha value is -3.45. The summed E-state index contributed by atoms with van der Waals surface area (Å²) in [6, 6.07) is 22.8. The van der Waals surface area contributed by atoms with Crippen LogP contribution in [0.1, 0.15) is 29.0 Å². The molecule has 0 bridgehead atoms. The van der Waals surface area contributed by atoms with E-state index in [0.29, 0.717) is 12.2 Å². The van der Waals surface area contributed by atoms with Gasteiger partial charge >= 0.3 is 12.1 Å². The molecule has 0 radical (unpaired) electrons. The van der Waals surface area contributed by atoms with Crippen molar-refractivity contribution in [1.82, 2.24) is 5.32 Å². The Bertz CT molecular complexity index is 1120. The van der Waals surface area contributed by atoms with E-state index < -0.39 is 18.1 Å².